The summed E-state index contributed by atoms with van der Waals surface area (Å²) in [6.45, 7) is 3.03. The zero-order valence-corrected chi connectivity index (χ0v) is 13.8. The van der Waals surface area contributed by atoms with E-state index in [0.717, 1.165) is 6.26 Å². The molecular formula is C16H22O10. The van der Waals surface area contributed by atoms with E-state index in [1.165, 1.54) is 6.08 Å². The summed E-state index contributed by atoms with van der Waals surface area (Å²) in [5, 5.41) is 49.9. The highest BCUT2D eigenvalue weighted by Crippen LogP contribution is 2.42. The minimum atomic E-state index is -1.63. The van der Waals surface area contributed by atoms with Crippen LogP contribution in [0.15, 0.2) is 24.5 Å². The topological polar surface area (TPSA) is 155 Å². The number of aliphatic hydroxyl groups excluding tert-OH is 4. The van der Waals surface area contributed by atoms with Gasteiger partial charge in [0, 0.05) is 6.42 Å². The van der Waals surface area contributed by atoms with Crippen LogP contribution in [0.4, 0.5) is 0 Å². The number of rotatable bonds is 4. The minimum Gasteiger partial charge on any atom is -0.471 e. The second-order valence-electron chi connectivity index (χ2n) is 6.44. The molecule has 0 saturated carbocycles. The molecule has 8 atom stereocenters. The molecule has 3 aliphatic rings. The van der Waals surface area contributed by atoms with E-state index in [1.807, 2.05) is 0 Å². The first-order valence-corrected chi connectivity index (χ1v) is 8.17. The van der Waals surface area contributed by atoms with E-state index < -0.39 is 61.1 Å². The average molecular weight is 374 g/mol. The molecule has 3 rings (SSSR count). The summed E-state index contributed by atoms with van der Waals surface area (Å²) < 4.78 is 21.1. The lowest BCUT2D eigenvalue weighted by Crippen LogP contribution is -2.61. The number of esters is 1. The molecule has 0 amide bonds. The third-order valence-corrected chi connectivity index (χ3v) is 4.94. The molecule has 26 heavy (non-hydrogen) atoms. The van der Waals surface area contributed by atoms with E-state index in [-0.39, 0.29) is 18.6 Å². The van der Waals surface area contributed by atoms with Gasteiger partial charge in [0.15, 0.2) is 6.29 Å². The van der Waals surface area contributed by atoms with Gasteiger partial charge in [0.05, 0.1) is 25.4 Å². The van der Waals surface area contributed by atoms with Crippen LogP contribution < -0.4 is 0 Å². The van der Waals surface area contributed by atoms with Crippen molar-refractivity contribution in [3.63, 3.8) is 0 Å². The Morgan fingerprint density at radius 3 is 2.65 bits per heavy atom. The quantitative estimate of drug-likeness (QED) is 0.264. The summed E-state index contributed by atoms with van der Waals surface area (Å²) in [4.78, 5) is 11.8. The van der Waals surface area contributed by atoms with Crippen LogP contribution in [0, 0.1) is 5.92 Å². The second kappa shape index (κ2) is 7.24. The monoisotopic (exact) mass is 374 g/mol. The van der Waals surface area contributed by atoms with Gasteiger partial charge in [-0.25, -0.2) is 4.79 Å². The van der Waals surface area contributed by atoms with Gasteiger partial charge in [-0.15, -0.1) is 6.58 Å². The standard InChI is InChI=1S/C16H22O10/c1-2-7-14(24-6-8-13(21)23-4-3-16(7,8)22)26-15-12(20)11(19)10(18)9(5-17)25-15/h2,6-7,9-12,14-15,17-20,22H,1,3-5H2/t7?,9-,10-,11+,12-,14?,15+,16?/m1/s1. The number of ether oxygens (including phenoxy) is 4. The van der Waals surface area contributed by atoms with E-state index in [0.29, 0.717) is 0 Å². The summed E-state index contributed by atoms with van der Waals surface area (Å²) in [6.07, 6.45) is -6.10. The first-order valence-electron chi connectivity index (χ1n) is 8.17. The lowest BCUT2D eigenvalue weighted by atomic mass is 9.76. The molecule has 3 heterocycles. The zero-order valence-electron chi connectivity index (χ0n) is 13.8. The molecule has 3 unspecified atom stereocenters. The van der Waals surface area contributed by atoms with Crippen molar-refractivity contribution in [1.82, 2.24) is 0 Å². The fourth-order valence-electron chi connectivity index (χ4n) is 3.36. The Bertz CT molecular complexity index is 590. The van der Waals surface area contributed by atoms with Crippen molar-refractivity contribution in [3.8, 4) is 0 Å². The number of carbonyl (C=O) groups is 1. The number of aliphatic hydroxyl groups is 5. The lowest BCUT2D eigenvalue weighted by Gasteiger charge is -2.46. The zero-order chi connectivity index (χ0) is 19.1. The maximum atomic E-state index is 11.8. The third-order valence-electron chi connectivity index (χ3n) is 4.94. The highest BCUT2D eigenvalue weighted by atomic mass is 16.8. The maximum Gasteiger partial charge on any atom is 0.340 e. The van der Waals surface area contributed by atoms with Gasteiger partial charge in [0.25, 0.3) is 0 Å². The molecule has 2 saturated heterocycles. The number of hydrogen-bond acceptors (Lipinski definition) is 10. The Morgan fingerprint density at radius 2 is 2.00 bits per heavy atom. The van der Waals surface area contributed by atoms with Gasteiger partial charge < -0.3 is 44.5 Å². The van der Waals surface area contributed by atoms with E-state index in [4.69, 9.17) is 18.9 Å². The van der Waals surface area contributed by atoms with Crippen LogP contribution >= 0.6 is 0 Å². The van der Waals surface area contributed by atoms with Crippen molar-refractivity contribution in [2.45, 2.75) is 49.0 Å². The van der Waals surface area contributed by atoms with Crippen LogP contribution in [0.3, 0.4) is 0 Å². The predicted octanol–water partition coefficient (Wildman–Crippen LogP) is -2.48. The van der Waals surface area contributed by atoms with E-state index in [1.54, 1.807) is 0 Å². The first-order chi connectivity index (χ1) is 12.3. The number of carbonyl (C=O) groups excluding carboxylic acids is 1. The molecule has 0 aliphatic carbocycles. The maximum absolute atomic E-state index is 11.8. The Morgan fingerprint density at radius 1 is 1.27 bits per heavy atom. The van der Waals surface area contributed by atoms with Crippen molar-refractivity contribution >= 4 is 5.97 Å². The summed E-state index contributed by atoms with van der Waals surface area (Å²) in [5.41, 5.74) is -1.70. The Balaban J connectivity index is 1.81. The molecule has 0 spiro atoms. The van der Waals surface area contributed by atoms with Gasteiger partial charge in [0.2, 0.25) is 6.29 Å². The SMILES string of the molecule is C=CC1C(O[C@@H]2O[C@H](CO)[C@@H](O)[C@H](O)[C@H]2O)OC=C2C(=O)OCCC21O. The highest BCUT2D eigenvalue weighted by Gasteiger charge is 2.54. The summed E-state index contributed by atoms with van der Waals surface area (Å²) in [7, 11) is 0. The number of cyclic esters (lactones) is 1. The molecule has 5 N–H and O–H groups in total. The van der Waals surface area contributed by atoms with Gasteiger partial charge in [-0.05, 0) is 0 Å². The fraction of sp³-hybridized carbons (Fsp3) is 0.688. The Labute approximate surface area is 148 Å². The van der Waals surface area contributed by atoms with Crippen molar-refractivity contribution in [2.24, 2.45) is 5.92 Å². The summed E-state index contributed by atoms with van der Waals surface area (Å²) in [6, 6.07) is 0. The van der Waals surface area contributed by atoms with E-state index in [9.17, 15) is 30.3 Å². The van der Waals surface area contributed by atoms with Gasteiger partial charge in [-0.1, -0.05) is 6.08 Å². The molecule has 10 heteroatoms. The predicted molar refractivity (Wildman–Crippen MR) is 82.0 cm³/mol. The summed E-state index contributed by atoms with van der Waals surface area (Å²) >= 11 is 0. The smallest absolute Gasteiger partial charge is 0.340 e. The molecule has 10 nitrogen and oxygen atoms in total. The van der Waals surface area contributed by atoms with Crippen molar-refractivity contribution in [2.75, 3.05) is 13.2 Å². The minimum absolute atomic E-state index is 0.00375. The van der Waals surface area contributed by atoms with Gasteiger partial charge in [0.1, 0.15) is 35.6 Å². The van der Waals surface area contributed by atoms with Crippen molar-refractivity contribution in [3.05, 3.63) is 24.5 Å². The van der Waals surface area contributed by atoms with Gasteiger partial charge >= 0.3 is 5.97 Å². The second-order valence-corrected chi connectivity index (χ2v) is 6.44. The van der Waals surface area contributed by atoms with Crippen LogP contribution in [0.1, 0.15) is 6.42 Å². The summed E-state index contributed by atoms with van der Waals surface area (Å²) in [5.74, 6) is -1.61. The first kappa shape index (κ1) is 19.2. The van der Waals surface area contributed by atoms with Gasteiger partial charge in [-0.3, -0.25) is 0 Å². The molecular weight excluding hydrogens is 352 g/mol. The largest absolute Gasteiger partial charge is 0.471 e. The normalized spacial score (nSPS) is 45.8. The molecule has 0 aromatic carbocycles. The Kier molecular flexibility index (Phi) is 5.35. The fourth-order valence-corrected chi connectivity index (χ4v) is 3.36. The number of fused-ring (bicyclic) bond motifs is 1. The lowest BCUT2D eigenvalue weighted by molar-refractivity contribution is -0.344. The molecule has 0 aromatic rings. The molecule has 0 bridgehead atoms. The van der Waals surface area contributed by atoms with E-state index in [2.05, 4.69) is 6.58 Å². The molecule has 2 fully saturated rings. The molecule has 0 radical (unpaired) electrons. The third kappa shape index (κ3) is 3.03. The van der Waals surface area contributed by atoms with Crippen LogP contribution in [-0.4, -0.2) is 87.3 Å². The molecule has 0 aromatic heterocycles. The molecule has 3 aliphatic heterocycles. The van der Waals surface area contributed by atoms with Crippen molar-refractivity contribution < 1.29 is 49.3 Å². The van der Waals surface area contributed by atoms with Crippen LogP contribution in [0.5, 0.6) is 0 Å². The van der Waals surface area contributed by atoms with Gasteiger partial charge in [-0.2, -0.15) is 0 Å². The van der Waals surface area contributed by atoms with E-state index >= 15 is 0 Å². The molecule has 146 valence electrons. The Hall–Kier alpha value is -1.53. The number of hydrogen-bond donors (Lipinski definition) is 5. The van der Waals surface area contributed by atoms with Crippen LogP contribution in [0.25, 0.3) is 0 Å². The average Bonchev–Trinajstić information content (AvgIpc) is 2.61. The highest BCUT2D eigenvalue weighted by molar-refractivity contribution is 5.91. The van der Waals surface area contributed by atoms with Crippen LogP contribution in [-0.2, 0) is 23.7 Å². The van der Waals surface area contributed by atoms with Crippen LogP contribution in [0.2, 0.25) is 0 Å². The van der Waals surface area contributed by atoms with Crippen molar-refractivity contribution in [1.29, 1.82) is 0 Å².